The van der Waals surface area contributed by atoms with Gasteiger partial charge in [-0.1, -0.05) is 18.2 Å². The van der Waals surface area contributed by atoms with Crippen molar-refractivity contribution in [1.29, 1.82) is 5.26 Å². The Bertz CT molecular complexity index is 962. The van der Waals surface area contributed by atoms with E-state index < -0.39 is 0 Å². The minimum absolute atomic E-state index is 0.643. The highest BCUT2D eigenvalue weighted by atomic mass is 16.1. The summed E-state index contributed by atoms with van der Waals surface area (Å²) in [6, 6.07) is 15.7. The Morgan fingerprint density at radius 2 is 1.85 bits per heavy atom. The van der Waals surface area contributed by atoms with Gasteiger partial charge in [0, 0.05) is 44.5 Å². The minimum Gasteiger partial charge on any atom is -0.343 e. The maximum atomic E-state index is 10.9. The molecular weight excluding hydrogens is 326 g/mol. The Kier molecular flexibility index (Phi) is 4.38. The normalized spacial score (nSPS) is 15.1. The van der Waals surface area contributed by atoms with Gasteiger partial charge in [-0.25, -0.2) is 4.98 Å². The van der Waals surface area contributed by atoms with E-state index in [4.69, 9.17) is 10.2 Å². The molecule has 0 aliphatic carbocycles. The lowest BCUT2D eigenvalue weighted by atomic mass is 10.1. The van der Waals surface area contributed by atoms with Crippen LogP contribution in [0, 0.1) is 11.3 Å². The number of hydrogen-bond donors (Lipinski definition) is 0. The molecular formula is C20H19N5O. The summed E-state index contributed by atoms with van der Waals surface area (Å²) < 4.78 is 2.12. The van der Waals surface area contributed by atoms with Crippen LogP contribution in [0.1, 0.15) is 11.3 Å². The number of carbonyl (C=O) groups excluding carboxylic acids is 1. The first-order valence-corrected chi connectivity index (χ1v) is 8.66. The van der Waals surface area contributed by atoms with Crippen LogP contribution >= 0.6 is 0 Å². The fourth-order valence-electron chi connectivity index (χ4n) is 3.37. The molecule has 4 rings (SSSR count). The highest BCUT2D eigenvalue weighted by Crippen LogP contribution is 2.26. The number of nitrogens with zero attached hydrogens (tertiary/aromatic N) is 5. The lowest BCUT2D eigenvalue weighted by Crippen LogP contribution is -2.45. The molecule has 0 spiro atoms. The van der Waals surface area contributed by atoms with Gasteiger partial charge in [0.15, 0.2) is 0 Å². The van der Waals surface area contributed by atoms with Crippen molar-refractivity contribution in [2.24, 2.45) is 0 Å². The second kappa shape index (κ2) is 6.98. The van der Waals surface area contributed by atoms with Crippen molar-refractivity contribution in [2.45, 2.75) is 6.54 Å². The molecule has 0 saturated carbocycles. The van der Waals surface area contributed by atoms with Crippen molar-refractivity contribution >= 4 is 12.1 Å². The highest BCUT2D eigenvalue weighted by molar-refractivity contribution is 5.67. The Morgan fingerprint density at radius 1 is 1.08 bits per heavy atom. The fourth-order valence-corrected chi connectivity index (χ4v) is 3.37. The number of imidazole rings is 1. The molecule has 3 heterocycles. The molecule has 1 saturated heterocycles. The van der Waals surface area contributed by atoms with Crippen molar-refractivity contribution in [3.63, 3.8) is 0 Å². The summed E-state index contributed by atoms with van der Waals surface area (Å²) in [6.45, 7) is 3.99. The van der Waals surface area contributed by atoms with E-state index in [0.717, 1.165) is 61.7 Å². The molecule has 1 aliphatic heterocycles. The molecule has 130 valence electrons. The van der Waals surface area contributed by atoms with Crippen LogP contribution < -0.4 is 0 Å². The van der Waals surface area contributed by atoms with Crippen LogP contribution in [0.2, 0.25) is 0 Å². The van der Waals surface area contributed by atoms with E-state index in [1.807, 2.05) is 53.6 Å². The first-order valence-electron chi connectivity index (χ1n) is 8.66. The van der Waals surface area contributed by atoms with E-state index in [0.29, 0.717) is 5.56 Å². The number of amides is 1. The van der Waals surface area contributed by atoms with E-state index in [-0.39, 0.29) is 0 Å². The van der Waals surface area contributed by atoms with Crippen LogP contribution in [0.5, 0.6) is 0 Å². The summed E-state index contributed by atoms with van der Waals surface area (Å²) in [5.74, 6) is 0. The van der Waals surface area contributed by atoms with Gasteiger partial charge in [-0.2, -0.15) is 5.26 Å². The van der Waals surface area contributed by atoms with Crippen molar-refractivity contribution in [2.75, 3.05) is 26.2 Å². The Balaban J connectivity index is 1.70. The van der Waals surface area contributed by atoms with Crippen LogP contribution in [-0.4, -0.2) is 51.8 Å². The molecule has 26 heavy (non-hydrogen) atoms. The van der Waals surface area contributed by atoms with Gasteiger partial charge < -0.3 is 9.30 Å². The zero-order valence-electron chi connectivity index (χ0n) is 14.4. The number of fused-ring (bicyclic) bond motifs is 1. The van der Waals surface area contributed by atoms with Gasteiger partial charge in [-0.15, -0.1) is 0 Å². The van der Waals surface area contributed by atoms with E-state index in [1.165, 1.54) is 0 Å². The van der Waals surface area contributed by atoms with Crippen LogP contribution in [0.4, 0.5) is 0 Å². The Hall–Kier alpha value is -3.17. The third-order valence-corrected chi connectivity index (χ3v) is 4.85. The number of rotatable bonds is 4. The zero-order chi connectivity index (χ0) is 17.9. The number of nitriles is 1. The molecule has 6 heteroatoms. The quantitative estimate of drug-likeness (QED) is 0.680. The number of piperazine rings is 1. The van der Waals surface area contributed by atoms with Crippen LogP contribution in [0.3, 0.4) is 0 Å². The molecule has 0 unspecified atom stereocenters. The van der Waals surface area contributed by atoms with Gasteiger partial charge in [0.25, 0.3) is 0 Å². The third kappa shape index (κ3) is 3.05. The summed E-state index contributed by atoms with van der Waals surface area (Å²) in [5.41, 5.74) is 4.63. The summed E-state index contributed by atoms with van der Waals surface area (Å²) >= 11 is 0. The van der Waals surface area contributed by atoms with E-state index >= 15 is 0 Å². The first kappa shape index (κ1) is 16.3. The number of aromatic nitrogens is 2. The van der Waals surface area contributed by atoms with Gasteiger partial charge >= 0.3 is 0 Å². The number of benzene rings is 1. The van der Waals surface area contributed by atoms with Crippen LogP contribution in [0.15, 0.2) is 48.7 Å². The van der Waals surface area contributed by atoms with Gasteiger partial charge in [0.1, 0.15) is 5.65 Å². The van der Waals surface area contributed by atoms with Gasteiger partial charge in [-0.3, -0.25) is 9.69 Å². The fraction of sp³-hybridized carbons (Fsp3) is 0.250. The maximum absolute atomic E-state index is 10.9. The van der Waals surface area contributed by atoms with Crippen molar-refractivity contribution < 1.29 is 4.79 Å². The standard InChI is InChI=1S/C20H19N5O/c21-13-16-4-6-17(7-5-16)20-18(25-8-2-1-3-19(25)22-20)14-23-9-11-24(15-26)12-10-23/h1-8,15H,9-12,14H2. The minimum atomic E-state index is 0.643. The Labute approximate surface area is 151 Å². The smallest absolute Gasteiger partial charge is 0.209 e. The molecule has 0 N–H and O–H groups in total. The lowest BCUT2D eigenvalue weighted by molar-refractivity contribution is -0.119. The monoisotopic (exact) mass is 345 g/mol. The van der Waals surface area contributed by atoms with E-state index in [1.54, 1.807) is 0 Å². The molecule has 6 nitrogen and oxygen atoms in total. The summed E-state index contributed by atoms with van der Waals surface area (Å²) in [7, 11) is 0. The second-order valence-corrected chi connectivity index (χ2v) is 6.44. The molecule has 2 aromatic heterocycles. The molecule has 0 radical (unpaired) electrons. The summed E-state index contributed by atoms with van der Waals surface area (Å²) in [5, 5.41) is 9.02. The summed E-state index contributed by atoms with van der Waals surface area (Å²) in [6.07, 6.45) is 2.96. The van der Waals surface area contributed by atoms with Crippen molar-refractivity contribution in [3.05, 3.63) is 59.9 Å². The molecule has 1 fully saturated rings. The maximum Gasteiger partial charge on any atom is 0.209 e. The number of pyridine rings is 1. The molecule has 0 bridgehead atoms. The predicted octanol–water partition coefficient (Wildman–Crippen LogP) is 2.15. The van der Waals surface area contributed by atoms with Gasteiger partial charge in [0.05, 0.1) is 23.0 Å². The summed E-state index contributed by atoms with van der Waals surface area (Å²) in [4.78, 5) is 19.9. The van der Waals surface area contributed by atoms with Gasteiger partial charge in [0.2, 0.25) is 6.41 Å². The van der Waals surface area contributed by atoms with E-state index in [2.05, 4.69) is 15.4 Å². The topological polar surface area (TPSA) is 64.6 Å². The first-order chi connectivity index (χ1) is 12.8. The molecule has 1 aromatic carbocycles. The van der Waals surface area contributed by atoms with Crippen molar-refractivity contribution in [1.82, 2.24) is 19.2 Å². The van der Waals surface area contributed by atoms with Crippen molar-refractivity contribution in [3.8, 4) is 17.3 Å². The number of hydrogen-bond acceptors (Lipinski definition) is 4. The van der Waals surface area contributed by atoms with Crippen LogP contribution in [-0.2, 0) is 11.3 Å². The molecule has 1 amide bonds. The number of carbonyl (C=O) groups is 1. The highest BCUT2D eigenvalue weighted by Gasteiger charge is 2.20. The molecule has 3 aromatic rings. The second-order valence-electron chi connectivity index (χ2n) is 6.44. The third-order valence-electron chi connectivity index (χ3n) is 4.85. The lowest BCUT2D eigenvalue weighted by Gasteiger charge is -2.32. The van der Waals surface area contributed by atoms with Gasteiger partial charge in [-0.05, 0) is 24.3 Å². The molecule has 0 atom stereocenters. The Morgan fingerprint density at radius 3 is 2.54 bits per heavy atom. The predicted molar refractivity (Wildman–Crippen MR) is 98.3 cm³/mol. The largest absolute Gasteiger partial charge is 0.343 e. The average Bonchev–Trinajstić information content (AvgIpc) is 3.07. The molecule has 1 aliphatic rings. The van der Waals surface area contributed by atoms with E-state index in [9.17, 15) is 4.79 Å². The average molecular weight is 345 g/mol. The van der Waals surface area contributed by atoms with Crippen LogP contribution in [0.25, 0.3) is 16.9 Å². The SMILES string of the molecule is N#Cc1ccc(-c2nc3ccccn3c2CN2CCN(C=O)CC2)cc1. The zero-order valence-corrected chi connectivity index (χ0v) is 14.4.